The Morgan fingerprint density at radius 3 is 1.57 bits per heavy atom. The Labute approximate surface area is 270 Å². The molecule has 5 aromatic carbocycles. The molecule has 0 spiro atoms. The minimum absolute atomic E-state index is 0.480. The highest BCUT2D eigenvalue weighted by atomic mass is 15.1. The van der Waals surface area contributed by atoms with Gasteiger partial charge in [0.1, 0.15) is 0 Å². The molecule has 47 heavy (non-hydrogen) atoms. The lowest BCUT2D eigenvalue weighted by molar-refractivity contribution is 1.06. The fourth-order valence-electron chi connectivity index (χ4n) is 5.95. The summed E-state index contributed by atoms with van der Waals surface area (Å²) < 4.78 is 2.10. The Kier molecular flexibility index (Phi) is 6.76. The van der Waals surface area contributed by atoms with Gasteiger partial charge in [0.2, 0.25) is 0 Å². The molecule has 8 rings (SSSR count). The highest BCUT2D eigenvalue weighted by Gasteiger charge is 2.21. The van der Waals surface area contributed by atoms with Crippen LogP contribution in [0.3, 0.4) is 0 Å². The van der Waals surface area contributed by atoms with E-state index < -0.39 is 0 Å². The third kappa shape index (κ3) is 4.95. The summed E-state index contributed by atoms with van der Waals surface area (Å²) in [4.78, 5) is 19.7. The highest BCUT2D eigenvalue weighted by molar-refractivity contribution is 6.10. The lowest BCUT2D eigenvalue weighted by Gasteiger charge is -2.16. The van der Waals surface area contributed by atoms with Gasteiger partial charge in [0, 0.05) is 39.2 Å². The number of nitrogens with zero attached hydrogens (tertiary/aromatic N) is 7. The van der Waals surface area contributed by atoms with Gasteiger partial charge in [-0.2, -0.15) is 10.5 Å². The molecule has 0 radical (unpaired) electrons. The van der Waals surface area contributed by atoms with E-state index in [1.54, 1.807) is 6.20 Å². The normalized spacial score (nSPS) is 10.9. The fourth-order valence-corrected chi connectivity index (χ4v) is 5.95. The Balaban J connectivity index is 1.48. The van der Waals surface area contributed by atoms with E-state index >= 15 is 0 Å². The van der Waals surface area contributed by atoms with Crippen LogP contribution in [0.4, 0.5) is 0 Å². The predicted molar refractivity (Wildman–Crippen MR) is 183 cm³/mol. The van der Waals surface area contributed by atoms with Crippen LogP contribution in [0.25, 0.3) is 72.9 Å². The molecular formula is C40H23N7. The van der Waals surface area contributed by atoms with Gasteiger partial charge in [0.25, 0.3) is 0 Å². The Morgan fingerprint density at radius 2 is 1.04 bits per heavy atom. The topological polar surface area (TPSA) is 104 Å². The number of hydrogen-bond acceptors (Lipinski definition) is 6. The molecule has 7 nitrogen and oxygen atoms in total. The van der Waals surface area contributed by atoms with Crippen LogP contribution in [-0.2, 0) is 0 Å². The van der Waals surface area contributed by atoms with E-state index in [1.165, 1.54) is 0 Å². The number of fused-ring (bicyclic) bond motifs is 3. The maximum Gasteiger partial charge on any atom is 0.166 e. The molecule has 0 N–H and O–H groups in total. The van der Waals surface area contributed by atoms with Gasteiger partial charge < -0.3 is 4.57 Å². The van der Waals surface area contributed by atoms with Gasteiger partial charge in [-0.1, -0.05) is 84.9 Å². The maximum atomic E-state index is 9.85. The van der Waals surface area contributed by atoms with Crippen molar-refractivity contribution in [2.24, 2.45) is 0 Å². The van der Waals surface area contributed by atoms with Gasteiger partial charge in [-0.3, -0.25) is 4.98 Å². The van der Waals surface area contributed by atoms with Crippen molar-refractivity contribution < 1.29 is 0 Å². The van der Waals surface area contributed by atoms with Gasteiger partial charge in [-0.05, 0) is 48.5 Å². The molecule has 0 amide bonds. The molecule has 0 atom stereocenters. The minimum Gasteiger partial charge on any atom is -0.308 e. The first-order valence-corrected chi connectivity index (χ1v) is 15.0. The molecule has 0 unspecified atom stereocenters. The molecule has 0 saturated carbocycles. The highest BCUT2D eigenvalue weighted by Crippen LogP contribution is 2.38. The van der Waals surface area contributed by atoms with Gasteiger partial charge in [0.15, 0.2) is 17.5 Å². The van der Waals surface area contributed by atoms with Crippen LogP contribution in [0, 0.1) is 22.7 Å². The van der Waals surface area contributed by atoms with Crippen LogP contribution in [0.5, 0.6) is 0 Å². The second-order valence-corrected chi connectivity index (χ2v) is 11.0. The Bertz CT molecular complexity index is 2400. The number of pyridine rings is 1. The minimum atomic E-state index is 0.480. The third-order valence-corrected chi connectivity index (χ3v) is 8.16. The molecule has 3 heterocycles. The van der Waals surface area contributed by atoms with Crippen LogP contribution >= 0.6 is 0 Å². The van der Waals surface area contributed by atoms with E-state index in [-0.39, 0.29) is 0 Å². The van der Waals surface area contributed by atoms with Crippen LogP contribution in [-0.4, -0.2) is 24.5 Å². The molecule has 7 heteroatoms. The van der Waals surface area contributed by atoms with Gasteiger partial charge >= 0.3 is 0 Å². The number of rotatable bonds is 5. The number of benzene rings is 5. The van der Waals surface area contributed by atoms with E-state index in [0.29, 0.717) is 28.6 Å². The third-order valence-electron chi connectivity index (χ3n) is 8.16. The summed E-state index contributed by atoms with van der Waals surface area (Å²) in [5, 5.41) is 21.6. The maximum absolute atomic E-state index is 9.85. The summed E-state index contributed by atoms with van der Waals surface area (Å²) in [5.74, 6) is 1.57. The average molecular weight is 602 g/mol. The number of nitriles is 2. The van der Waals surface area contributed by atoms with E-state index in [9.17, 15) is 10.5 Å². The summed E-state index contributed by atoms with van der Waals surface area (Å²) in [7, 11) is 0. The van der Waals surface area contributed by atoms with Crippen molar-refractivity contribution in [1.29, 1.82) is 10.5 Å². The van der Waals surface area contributed by atoms with E-state index in [1.807, 2.05) is 127 Å². The average Bonchev–Trinajstić information content (AvgIpc) is 3.48. The second kappa shape index (κ2) is 11.5. The van der Waals surface area contributed by atoms with Crippen molar-refractivity contribution in [1.82, 2.24) is 24.5 Å². The summed E-state index contributed by atoms with van der Waals surface area (Å²) in [6, 6.07) is 47.6. The zero-order chi connectivity index (χ0) is 31.7. The first kappa shape index (κ1) is 27.6. The summed E-state index contributed by atoms with van der Waals surface area (Å²) in [6.45, 7) is 0. The number of aromatic nitrogens is 5. The summed E-state index contributed by atoms with van der Waals surface area (Å²) in [6.07, 6.45) is 1.77. The zero-order valence-electron chi connectivity index (χ0n) is 24.9. The fraction of sp³-hybridized carbons (Fsp3) is 0. The predicted octanol–water partition coefficient (Wildman–Crippen LogP) is 8.78. The van der Waals surface area contributed by atoms with Crippen molar-refractivity contribution in [3.63, 3.8) is 0 Å². The molecule has 0 aliphatic heterocycles. The van der Waals surface area contributed by atoms with Crippen molar-refractivity contribution >= 4 is 21.8 Å². The lowest BCUT2D eigenvalue weighted by Crippen LogP contribution is -2.04. The quantitative estimate of drug-likeness (QED) is 0.195. The van der Waals surface area contributed by atoms with Crippen molar-refractivity contribution in [3.8, 4) is 63.2 Å². The Hall–Kier alpha value is -6.96. The first-order valence-electron chi connectivity index (χ1n) is 15.0. The van der Waals surface area contributed by atoms with Crippen molar-refractivity contribution in [2.75, 3.05) is 0 Å². The smallest absolute Gasteiger partial charge is 0.166 e. The van der Waals surface area contributed by atoms with E-state index in [2.05, 4.69) is 27.8 Å². The first-order chi connectivity index (χ1) is 23.2. The molecule has 0 aliphatic carbocycles. The zero-order valence-corrected chi connectivity index (χ0v) is 24.9. The van der Waals surface area contributed by atoms with Crippen molar-refractivity contribution in [2.45, 2.75) is 0 Å². The molecular weight excluding hydrogens is 578 g/mol. The van der Waals surface area contributed by atoms with E-state index in [4.69, 9.17) is 15.0 Å². The van der Waals surface area contributed by atoms with Gasteiger partial charge in [-0.15, -0.1) is 0 Å². The van der Waals surface area contributed by atoms with Crippen LogP contribution in [0.15, 0.2) is 140 Å². The molecule has 0 fully saturated rings. The second-order valence-electron chi connectivity index (χ2n) is 11.0. The standard InChI is InChI=1S/C40H23N7/c41-24-26-14-17-31-32-18-15-27(25-42)22-37(32)47(36(31)21-26)35-19-16-30(34-13-7-8-20-43-34)23-33(35)40-45-38(28-9-3-1-4-10-28)44-39(46-40)29-11-5-2-6-12-29/h1-23H. The lowest BCUT2D eigenvalue weighted by atomic mass is 10.0. The molecule has 0 bridgehead atoms. The molecule has 0 aliphatic rings. The molecule has 218 valence electrons. The molecule has 8 aromatic rings. The molecule has 3 aromatic heterocycles. The van der Waals surface area contributed by atoms with Crippen LogP contribution in [0.2, 0.25) is 0 Å². The van der Waals surface area contributed by atoms with Crippen LogP contribution in [0.1, 0.15) is 11.1 Å². The van der Waals surface area contributed by atoms with Gasteiger partial charge in [-0.25, -0.2) is 15.0 Å². The monoisotopic (exact) mass is 601 g/mol. The van der Waals surface area contributed by atoms with Crippen molar-refractivity contribution in [3.05, 3.63) is 151 Å². The summed E-state index contributed by atoms with van der Waals surface area (Å²) in [5.41, 5.74) is 7.70. The number of hydrogen-bond donors (Lipinski definition) is 0. The Morgan fingerprint density at radius 1 is 0.489 bits per heavy atom. The SMILES string of the molecule is N#Cc1ccc2c3ccc(C#N)cc3n(-c3ccc(-c4ccccn4)cc3-c3nc(-c4ccccc4)nc(-c4ccccc4)n3)c2c1. The van der Waals surface area contributed by atoms with E-state index in [0.717, 1.165) is 55.4 Å². The summed E-state index contributed by atoms with van der Waals surface area (Å²) >= 11 is 0. The van der Waals surface area contributed by atoms with Gasteiger partial charge in [0.05, 0.1) is 45.7 Å². The van der Waals surface area contributed by atoms with Crippen LogP contribution < -0.4 is 0 Å². The largest absolute Gasteiger partial charge is 0.308 e. The molecule has 0 saturated heterocycles.